The van der Waals surface area contributed by atoms with E-state index in [4.69, 9.17) is 4.98 Å². The van der Waals surface area contributed by atoms with E-state index in [9.17, 15) is 10.1 Å². The third kappa shape index (κ3) is 3.11. The zero-order valence-electron chi connectivity index (χ0n) is 14.0. The summed E-state index contributed by atoms with van der Waals surface area (Å²) in [6, 6.07) is 9.40. The van der Waals surface area contributed by atoms with Crippen molar-refractivity contribution in [3.8, 4) is 6.07 Å². The van der Waals surface area contributed by atoms with Gasteiger partial charge in [0.15, 0.2) is 0 Å². The molecule has 6 heteroatoms. The second kappa shape index (κ2) is 6.75. The number of nitriles is 1. The van der Waals surface area contributed by atoms with Crippen molar-refractivity contribution in [3.63, 3.8) is 0 Å². The zero-order valence-corrected chi connectivity index (χ0v) is 14.0. The van der Waals surface area contributed by atoms with Crippen LogP contribution in [0.25, 0.3) is 0 Å². The monoisotopic (exact) mass is 323 g/mol. The highest BCUT2D eigenvalue weighted by atomic mass is 16.1. The maximum absolute atomic E-state index is 11.5. The fourth-order valence-electron chi connectivity index (χ4n) is 3.10. The highest BCUT2D eigenvalue weighted by molar-refractivity contribution is 5.57. The van der Waals surface area contributed by atoms with Crippen molar-refractivity contribution in [3.05, 3.63) is 51.4 Å². The van der Waals surface area contributed by atoms with Gasteiger partial charge in [-0.15, -0.1) is 0 Å². The molecule has 1 fully saturated rings. The fraction of sp³-hybridized carbons (Fsp3) is 0.389. The number of nitrogens with zero attached hydrogens (tertiary/aromatic N) is 4. The van der Waals surface area contributed by atoms with E-state index in [2.05, 4.69) is 27.8 Å². The van der Waals surface area contributed by atoms with Gasteiger partial charge in [0.25, 0.3) is 0 Å². The highest BCUT2D eigenvalue weighted by Gasteiger charge is 2.22. The van der Waals surface area contributed by atoms with Gasteiger partial charge in [0.2, 0.25) is 5.56 Å². The van der Waals surface area contributed by atoms with Crippen LogP contribution in [0.1, 0.15) is 23.7 Å². The second-order valence-corrected chi connectivity index (χ2v) is 5.96. The molecule has 124 valence electrons. The van der Waals surface area contributed by atoms with Crippen molar-refractivity contribution in [2.24, 2.45) is 0 Å². The summed E-state index contributed by atoms with van der Waals surface area (Å²) in [6.07, 6.45) is 0.857. The lowest BCUT2D eigenvalue weighted by atomic mass is 10.1. The summed E-state index contributed by atoms with van der Waals surface area (Å²) in [5.74, 6) is 1.62. The Morgan fingerprint density at radius 2 is 1.96 bits per heavy atom. The number of aromatic nitrogens is 2. The molecule has 1 aliphatic rings. The van der Waals surface area contributed by atoms with Gasteiger partial charge in [-0.2, -0.15) is 5.26 Å². The molecule has 0 aliphatic carbocycles. The summed E-state index contributed by atoms with van der Waals surface area (Å²) >= 11 is 0. The largest absolute Gasteiger partial charge is 0.355 e. The predicted molar refractivity (Wildman–Crippen MR) is 94.6 cm³/mol. The Morgan fingerprint density at radius 3 is 2.58 bits per heavy atom. The molecule has 0 amide bonds. The quantitative estimate of drug-likeness (QED) is 0.933. The number of pyridine rings is 2. The molecule has 0 spiro atoms. The van der Waals surface area contributed by atoms with Gasteiger partial charge in [-0.05, 0) is 31.0 Å². The van der Waals surface area contributed by atoms with Crippen LogP contribution in [0.15, 0.2) is 29.1 Å². The number of H-pyrrole nitrogens is 1. The van der Waals surface area contributed by atoms with Crippen molar-refractivity contribution in [1.29, 1.82) is 5.26 Å². The van der Waals surface area contributed by atoms with Crippen molar-refractivity contribution in [2.75, 3.05) is 36.0 Å². The van der Waals surface area contributed by atoms with Gasteiger partial charge < -0.3 is 14.8 Å². The molecular formula is C18H21N5O. The van der Waals surface area contributed by atoms with Crippen LogP contribution in [-0.2, 0) is 6.42 Å². The minimum Gasteiger partial charge on any atom is -0.355 e. The Labute approximate surface area is 141 Å². The molecule has 3 heterocycles. The molecule has 1 N–H and O–H groups in total. The Bertz CT molecular complexity index is 828. The number of hydrogen-bond acceptors (Lipinski definition) is 5. The molecule has 1 saturated heterocycles. The molecule has 24 heavy (non-hydrogen) atoms. The highest BCUT2D eigenvalue weighted by Crippen LogP contribution is 2.23. The van der Waals surface area contributed by atoms with Crippen LogP contribution in [0.4, 0.5) is 11.6 Å². The summed E-state index contributed by atoms with van der Waals surface area (Å²) in [4.78, 5) is 23.4. The third-order valence-corrected chi connectivity index (χ3v) is 4.43. The number of nitrogens with one attached hydrogen (secondary N) is 1. The van der Waals surface area contributed by atoms with E-state index in [0.717, 1.165) is 55.5 Å². The second-order valence-electron chi connectivity index (χ2n) is 5.96. The van der Waals surface area contributed by atoms with E-state index in [1.165, 1.54) is 6.07 Å². The molecule has 0 radical (unpaired) electrons. The van der Waals surface area contributed by atoms with Gasteiger partial charge in [0.05, 0.1) is 5.56 Å². The van der Waals surface area contributed by atoms with E-state index in [-0.39, 0.29) is 5.56 Å². The molecule has 0 aromatic carbocycles. The standard InChI is InChI=1S/C18H21N5O/c1-3-15-13(2)11-14(12-19)18(20-15)23-9-7-22(8-10-23)16-5-4-6-17(24)21-16/h4-6,11H,3,7-10H2,1-2H3,(H,21,24). The minimum atomic E-state index is -0.0884. The lowest BCUT2D eigenvalue weighted by Crippen LogP contribution is -2.47. The van der Waals surface area contributed by atoms with Crippen LogP contribution < -0.4 is 15.4 Å². The normalized spacial score (nSPS) is 14.5. The average molecular weight is 323 g/mol. The Hall–Kier alpha value is -2.81. The fourth-order valence-corrected chi connectivity index (χ4v) is 3.10. The van der Waals surface area contributed by atoms with Crippen molar-refractivity contribution < 1.29 is 0 Å². The van der Waals surface area contributed by atoms with Crippen molar-refractivity contribution in [1.82, 2.24) is 9.97 Å². The Kier molecular flexibility index (Phi) is 4.52. The molecule has 2 aromatic heterocycles. The van der Waals surface area contributed by atoms with Gasteiger partial charge in [0.1, 0.15) is 17.7 Å². The van der Waals surface area contributed by atoms with Crippen LogP contribution in [0.3, 0.4) is 0 Å². The Balaban J connectivity index is 1.80. The summed E-state index contributed by atoms with van der Waals surface area (Å²) in [6.45, 7) is 7.17. The number of hydrogen-bond donors (Lipinski definition) is 1. The molecular weight excluding hydrogens is 302 g/mol. The van der Waals surface area contributed by atoms with Crippen LogP contribution >= 0.6 is 0 Å². The van der Waals surface area contributed by atoms with Crippen molar-refractivity contribution >= 4 is 11.6 Å². The zero-order chi connectivity index (χ0) is 17.1. The third-order valence-electron chi connectivity index (χ3n) is 4.43. The molecule has 1 aliphatic heterocycles. The number of aryl methyl sites for hydroxylation is 2. The summed E-state index contributed by atoms with van der Waals surface area (Å²) in [5, 5.41) is 9.43. The van der Waals surface area contributed by atoms with Crippen LogP contribution in [0.5, 0.6) is 0 Å². The first-order chi connectivity index (χ1) is 11.6. The summed E-state index contributed by atoms with van der Waals surface area (Å²) in [5.41, 5.74) is 2.65. The predicted octanol–water partition coefficient (Wildman–Crippen LogP) is 1.84. The first-order valence-electron chi connectivity index (χ1n) is 8.22. The number of aromatic amines is 1. The topological polar surface area (TPSA) is 76.0 Å². The molecule has 6 nitrogen and oxygen atoms in total. The maximum atomic E-state index is 11.5. The summed E-state index contributed by atoms with van der Waals surface area (Å²) < 4.78 is 0. The van der Waals surface area contributed by atoms with Crippen molar-refractivity contribution in [2.45, 2.75) is 20.3 Å². The maximum Gasteiger partial charge on any atom is 0.249 e. The first-order valence-corrected chi connectivity index (χ1v) is 8.22. The minimum absolute atomic E-state index is 0.0884. The van der Waals surface area contributed by atoms with E-state index in [1.54, 1.807) is 6.07 Å². The number of rotatable bonds is 3. The lowest BCUT2D eigenvalue weighted by molar-refractivity contribution is 0.639. The lowest BCUT2D eigenvalue weighted by Gasteiger charge is -2.36. The number of anilines is 2. The number of piperazine rings is 1. The van der Waals surface area contributed by atoms with Crippen LogP contribution in [0.2, 0.25) is 0 Å². The summed E-state index contributed by atoms with van der Waals surface area (Å²) in [7, 11) is 0. The van der Waals surface area contributed by atoms with Gasteiger partial charge in [-0.3, -0.25) is 4.79 Å². The Morgan fingerprint density at radius 1 is 1.25 bits per heavy atom. The molecule has 0 saturated carbocycles. The smallest absolute Gasteiger partial charge is 0.249 e. The molecule has 0 bridgehead atoms. The SMILES string of the molecule is CCc1nc(N2CCN(c3cccc(=O)[nH]3)CC2)c(C#N)cc1C. The van der Waals surface area contributed by atoms with E-state index in [1.807, 2.05) is 19.1 Å². The molecule has 2 aromatic rings. The van der Waals surface area contributed by atoms with Crippen LogP contribution in [-0.4, -0.2) is 36.1 Å². The van der Waals surface area contributed by atoms with Gasteiger partial charge in [-0.1, -0.05) is 13.0 Å². The van der Waals surface area contributed by atoms with Crippen LogP contribution in [0, 0.1) is 18.3 Å². The molecule has 0 unspecified atom stereocenters. The van der Waals surface area contributed by atoms with Gasteiger partial charge >= 0.3 is 0 Å². The van der Waals surface area contributed by atoms with E-state index >= 15 is 0 Å². The first kappa shape index (κ1) is 16.1. The molecule has 0 atom stereocenters. The van der Waals surface area contributed by atoms with E-state index in [0.29, 0.717) is 5.56 Å². The molecule has 3 rings (SSSR count). The average Bonchev–Trinajstić information content (AvgIpc) is 2.61. The van der Waals surface area contributed by atoms with Gasteiger partial charge in [0, 0.05) is 37.9 Å². The van der Waals surface area contributed by atoms with Gasteiger partial charge in [-0.25, -0.2) is 4.98 Å². The van der Waals surface area contributed by atoms with E-state index < -0.39 is 0 Å².